The predicted molar refractivity (Wildman–Crippen MR) is 80.3 cm³/mol. The van der Waals surface area contributed by atoms with E-state index in [1.165, 1.54) is 0 Å². The minimum Gasteiger partial charge on any atom is -0.347 e. The molecule has 3 rings (SSSR count). The second-order valence-electron chi connectivity index (χ2n) is 5.18. The van der Waals surface area contributed by atoms with Crippen molar-refractivity contribution in [3.8, 4) is 0 Å². The second kappa shape index (κ2) is 5.33. The largest absolute Gasteiger partial charge is 0.347 e. The molecule has 1 aliphatic heterocycles. The molecule has 1 N–H and O–H groups in total. The minimum atomic E-state index is -0.255. The van der Waals surface area contributed by atoms with Crippen LogP contribution in [0.15, 0.2) is 30.5 Å². The summed E-state index contributed by atoms with van der Waals surface area (Å²) in [4.78, 5) is 29.8. The van der Waals surface area contributed by atoms with E-state index in [0.29, 0.717) is 29.1 Å². The van der Waals surface area contributed by atoms with Crippen LogP contribution in [0.25, 0.3) is 10.9 Å². The topological polar surface area (TPSA) is 62.3 Å². The Bertz CT molecular complexity index is 732. The van der Waals surface area contributed by atoms with Crippen LogP contribution >= 0.6 is 11.6 Å². The Morgan fingerprint density at radius 3 is 3.00 bits per heavy atom. The van der Waals surface area contributed by atoms with E-state index in [4.69, 9.17) is 11.6 Å². The van der Waals surface area contributed by atoms with Crippen molar-refractivity contribution >= 4 is 34.3 Å². The number of likely N-dealkylation sites (N-methyl/N-ethyl adjacent to an activating group) is 1. The summed E-state index contributed by atoms with van der Waals surface area (Å²) in [6.45, 7) is 0.524. The third kappa shape index (κ3) is 2.69. The molecule has 108 valence electrons. The zero-order valence-corrected chi connectivity index (χ0v) is 12.2. The van der Waals surface area contributed by atoms with Gasteiger partial charge in [-0.2, -0.15) is 0 Å². The van der Waals surface area contributed by atoms with Crippen LogP contribution in [0.2, 0.25) is 5.02 Å². The molecule has 2 aromatic rings. The van der Waals surface area contributed by atoms with Gasteiger partial charge < -0.3 is 10.2 Å². The SMILES string of the molecule is CN1C[C@@H](NC(=O)c2cc(Cl)cc3cccnc23)CC1=O. The van der Waals surface area contributed by atoms with Crippen molar-refractivity contribution in [3.05, 3.63) is 41.0 Å². The highest BCUT2D eigenvalue weighted by Crippen LogP contribution is 2.22. The molecule has 0 bridgehead atoms. The molecule has 21 heavy (non-hydrogen) atoms. The van der Waals surface area contributed by atoms with Gasteiger partial charge in [-0.15, -0.1) is 0 Å². The number of carbonyl (C=O) groups is 2. The lowest BCUT2D eigenvalue weighted by Gasteiger charge is -2.13. The van der Waals surface area contributed by atoms with Gasteiger partial charge in [0.2, 0.25) is 5.91 Å². The van der Waals surface area contributed by atoms with E-state index in [-0.39, 0.29) is 17.9 Å². The molecule has 0 aliphatic carbocycles. The van der Waals surface area contributed by atoms with Crippen molar-refractivity contribution in [1.82, 2.24) is 15.2 Å². The molecule has 2 amide bonds. The van der Waals surface area contributed by atoms with Gasteiger partial charge in [-0.3, -0.25) is 14.6 Å². The molecule has 0 radical (unpaired) electrons. The van der Waals surface area contributed by atoms with Gasteiger partial charge >= 0.3 is 0 Å². The molecule has 0 spiro atoms. The lowest BCUT2D eigenvalue weighted by Crippen LogP contribution is -2.36. The number of amides is 2. The van der Waals surface area contributed by atoms with E-state index in [1.54, 1.807) is 36.3 Å². The summed E-state index contributed by atoms with van der Waals surface area (Å²) in [6.07, 6.45) is 1.97. The van der Waals surface area contributed by atoms with Crippen LogP contribution < -0.4 is 5.32 Å². The molecule has 2 heterocycles. The van der Waals surface area contributed by atoms with Crippen LogP contribution in [0.3, 0.4) is 0 Å². The molecule has 0 unspecified atom stereocenters. The maximum absolute atomic E-state index is 12.4. The Hall–Kier alpha value is -2.14. The van der Waals surface area contributed by atoms with Gasteiger partial charge in [0.25, 0.3) is 5.91 Å². The summed E-state index contributed by atoms with van der Waals surface area (Å²) in [6, 6.07) is 6.86. The quantitative estimate of drug-likeness (QED) is 0.921. The molecule has 1 fully saturated rings. The predicted octanol–water partition coefficient (Wildman–Crippen LogP) is 1.85. The number of benzene rings is 1. The number of nitrogens with one attached hydrogen (secondary N) is 1. The van der Waals surface area contributed by atoms with Crippen molar-refractivity contribution in [2.24, 2.45) is 0 Å². The van der Waals surface area contributed by atoms with Crippen molar-refractivity contribution in [2.75, 3.05) is 13.6 Å². The Labute approximate surface area is 126 Å². The van der Waals surface area contributed by atoms with E-state index >= 15 is 0 Å². The Balaban J connectivity index is 1.90. The molecule has 1 aromatic heterocycles. The number of aromatic nitrogens is 1. The van der Waals surface area contributed by atoms with Crippen LogP contribution in [0, 0.1) is 0 Å². The van der Waals surface area contributed by atoms with Crippen LogP contribution in [0.4, 0.5) is 0 Å². The third-order valence-electron chi connectivity index (χ3n) is 3.59. The molecule has 0 saturated carbocycles. The summed E-state index contributed by atoms with van der Waals surface area (Å²) < 4.78 is 0. The smallest absolute Gasteiger partial charge is 0.253 e. The number of hydrogen-bond acceptors (Lipinski definition) is 3. The first-order chi connectivity index (χ1) is 10.0. The van der Waals surface area contributed by atoms with E-state index < -0.39 is 0 Å². The van der Waals surface area contributed by atoms with Crippen LogP contribution in [0.1, 0.15) is 16.8 Å². The first-order valence-electron chi connectivity index (χ1n) is 6.63. The van der Waals surface area contributed by atoms with Crippen molar-refractivity contribution in [3.63, 3.8) is 0 Å². The number of pyridine rings is 1. The lowest BCUT2D eigenvalue weighted by atomic mass is 10.1. The maximum Gasteiger partial charge on any atom is 0.253 e. The van der Waals surface area contributed by atoms with E-state index in [2.05, 4.69) is 10.3 Å². The number of hydrogen-bond donors (Lipinski definition) is 1. The number of nitrogens with zero attached hydrogens (tertiary/aromatic N) is 2. The molecule has 1 atom stereocenters. The van der Waals surface area contributed by atoms with Gasteiger partial charge in [0.1, 0.15) is 0 Å². The normalized spacial score (nSPS) is 18.3. The average Bonchev–Trinajstić information content (AvgIpc) is 2.76. The number of rotatable bonds is 2. The average molecular weight is 304 g/mol. The summed E-state index contributed by atoms with van der Waals surface area (Å²) in [5.41, 5.74) is 1.04. The second-order valence-corrected chi connectivity index (χ2v) is 5.61. The van der Waals surface area contributed by atoms with Gasteiger partial charge in [-0.1, -0.05) is 17.7 Å². The first-order valence-corrected chi connectivity index (χ1v) is 7.01. The van der Waals surface area contributed by atoms with Crippen molar-refractivity contribution in [2.45, 2.75) is 12.5 Å². The maximum atomic E-state index is 12.4. The van der Waals surface area contributed by atoms with Gasteiger partial charge in [0.05, 0.1) is 17.1 Å². The van der Waals surface area contributed by atoms with Gasteiger partial charge in [0.15, 0.2) is 0 Å². The number of likely N-dealkylation sites (tertiary alicyclic amines) is 1. The summed E-state index contributed by atoms with van der Waals surface area (Å²) in [7, 11) is 1.73. The highest BCUT2D eigenvalue weighted by Gasteiger charge is 2.28. The first kappa shape index (κ1) is 13.8. The molecule has 5 nitrogen and oxygen atoms in total. The summed E-state index contributed by atoms with van der Waals surface area (Å²) in [5.74, 6) is -0.219. The highest BCUT2D eigenvalue weighted by molar-refractivity contribution is 6.32. The zero-order valence-electron chi connectivity index (χ0n) is 11.5. The number of carbonyl (C=O) groups excluding carboxylic acids is 2. The molecule has 6 heteroatoms. The third-order valence-corrected chi connectivity index (χ3v) is 3.81. The van der Waals surface area contributed by atoms with Gasteiger partial charge in [0, 0.05) is 36.6 Å². The molecule has 1 saturated heterocycles. The minimum absolute atomic E-state index is 0.0365. The van der Waals surface area contributed by atoms with E-state index in [1.807, 2.05) is 6.07 Å². The monoisotopic (exact) mass is 303 g/mol. The number of fused-ring (bicyclic) bond motifs is 1. The van der Waals surface area contributed by atoms with Crippen molar-refractivity contribution < 1.29 is 9.59 Å². The van der Waals surface area contributed by atoms with E-state index in [9.17, 15) is 9.59 Å². The van der Waals surface area contributed by atoms with E-state index in [0.717, 1.165) is 5.39 Å². The fraction of sp³-hybridized carbons (Fsp3) is 0.267. The molecule has 1 aliphatic rings. The molecular formula is C15H14ClN3O2. The Morgan fingerprint density at radius 1 is 1.48 bits per heavy atom. The van der Waals surface area contributed by atoms with Gasteiger partial charge in [-0.05, 0) is 18.2 Å². The molecular weight excluding hydrogens is 290 g/mol. The van der Waals surface area contributed by atoms with Gasteiger partial charge in [-0.25, -0.2) is 0 Å². The highest BCUT2D eigenvalue weighted by atomic mass is 35.5. The number of halogens is 1. The van der Waals surface area contributed by atoms with Crippen molar-refractivity contribution in [1.29, 1.82) is 0 Å². The van der Waals surface area contributed by atoms with Crippen LogP contribution in [-0.2, 0) is 4.79 Å². The fourth-order valence-electron chi connectivity index (χ4n) is 2.55. The summed E-state index contributed by atoms with van der Waals surface area (Å²) in [5, 5.41) is 4.18. The lowest BCUT2D eigenvalue weighted by molar-refractivity contribution is -0.126. The zero-order chi connectivity index (χ0) is 15.0. The van der Waals surface area contributed by atoms with Crippen LogP contribution in [-0.4, -0.2) is 41.3 Å². The Morgan fingerprint density at radius 2 is 2.29 bits per heavy atom. The fourth-order valence-corrected chi connectivity index (χ4v) is 2.78. The Kier molecular flexibility index (Phi) is 3.51. The summed E-state index contributed by atoms with van der Waals surface area (Å²) >= 11 is 6.06. The standard InChI is InChI=1S/C15H14ClN3O2/c1-19-8-11(7-13(19)20)18-15(21)12-6-10(16)5-9-3-2-4-17-14(9)12/h2-6,11H,7-8H2,1H3,(H,18,21)/t11-/m0/s1. The van der Waals surface area contributed by atoms with Crippen LogP contribution in [0.5, 0.6) is 0 Å². The molecule has 1 aromatic carbocycles.